The molecule has 1 heterocycles. The van der Waals surface area contributed by atoms with E-state index < -0.39 is 0 Å². The van der Waals surface area contributed by atoms with Crippen LogP contribution in [0.25, 0.3) is 11.1 Å². The third-order valence-electron chi connectivity index (χ3n) is 9.97. The lowest BCUT2D eigenvalue weighted by atomic mass is 9.97. The van der Waals surface area contributed by atoms with Gasteiger partial charge in [0.1, 0.15) is 17.2 Å². The molecular formula is C45H64O4. The van der Waals surface area contributed by atoms with E-state index in [1.807, 2.05) is 54.6 Å². The van der Waals surface area contributed by atoms with Crippen molar-refractivity contribution >= 4 is 5.97 Å². The molecule has 0 aliphatic carbocycles. The van der Waals surface area contributed by atoms with Gasteiger partial charge in [-0.1, -0.05) is 147 Å². The molecule has 268 valence electrons. The van der Waals surface area contributed by atoms with E-state index in [0.717, 1.165) is 60.5 Å². The predicted molar refractivity (Wildman–Crippen MR) is 205 cm³/mol. The molecule has 0 saturated carbocycles. The first-order valence-corrected chi connectivity index (χ1v) is 20.0. The van der Waals surface area contributed by atoms with Crippen LogP contribution in [0.15, 0.2) is 66.7 Å². The smallest absolute Gasteiger partial charge is 0.343 e. The average molecular weight is 669 g/mol. The third kappa shape index (κ3) is 14.6. The van der Waals surface area contributed by atoms with Crippen molar-refractivity contribution < 1.29 is 19.0 Å². The normalized spacial score (nSPS) is 13.9. The number of hydrogen-bond acceptors (Lipinski definition) is 4. The zero-order valence-corrected chi connectivity index (χ0v) is 30.8. The summed E-state index contributed by atoms with van der Waals surface area (Å²) < 4.78 is 18.0. The Kier molecular flexibility index (Phi) is 18.2. The van der Waals surface area contributed by atoms with Gasteiger partial charge in [-0.3, -0.25) is 0 Å². The van der Waals surface area contributed by atoms with Gasteiger partial charge in [0.2, 0.25) is 0 Å². The van der Waals surface area contributed by atoms with Crippen LogP contribution in [-0.4, -0.2) is 18.7 Å². The van der Waals surface area contributed by atoms with Crippen molar-refractivity contribution in [3.05, 3.63) is 77.9 Å². The number of fused-ring (bicyclic) bond motifs is 1. The second-order valence-corrected chi connectivity index (χ2v) is 14.2. The second-order valence-electron chi connectivity index (χ2n) is 14.2. The number of rotatable bonds is 25. The van der Waals surface area contributed by atoms with Gasteiger partial charge in [-0.25, -0.2) is 4.79 Å². The van der Waals surface area contributed by atoms with Gasteiger partial charge in [0, 0.05) is 0 Å². The molecule has 3 aromatic carbocycles. The minimum Gasteiger partial charge on any atom is -0.494 e. The molecule has 4 heteroatoms. The maximum atomic E-state index is 13.0. The Morgan fingerprint density at radius 2 is 1.12 bits per heavy atom. The van der Waals surface area contributed by atoms with E-state index >= 15 is 0 Å². The molecule has 0 amide bonds. The van der Waals surface area contributed by atoms with Crippen LogP contribution in [0.2, 0.25) is 0 Å². The molecule has 3 aromatic rings. The summed E-state index contributed by atoms with van der Waals surface area (Å²) in [6, 6.07) is 21.7. The molecule has 0 bridgehead atoms. The molecule has 0 spiro atoms. The standard InChI is InChI=1S/C45H64O4/c1-3-5-7-9-11-13-15-17-19-21-35-47-41-29-23-37(24-30-41)38-25-31-43(32-26-38)49-45(46)40-28-34-44-39(36-40)27-33-42(48-44)22-20-18-16-14-12-10-8-6-4-2/h23-26,28-32,34,36,42H,3-22,27,33,35H2,1-2H3/t42-/m1/s1. The summed E-state index contributed by atoms with van der Waals surface area (Å²) in [6.07, 6.45) is 28.7. The first kappa shape index (κ1) is 38.5. The first-order valence-electron chi connectivity index (χ1n) is 20.0. The Hall–Kier alpha value is -3.27. The first-order chi connectivity index (χ1) is 24.2. The van der Waals surface area contributed by atoms with Gasteiger partial charge in [-0.05, 0) is 91.3 Å². The van der Waals surface area contributed by atoms with E-state index in [0.29, 0.717) is 11.3 Å². The highest BCUT2D eigenvalue weighted by Gasteiger charge is 2.21. The third-order valence-corrected chi connectivity index (χ3v) is 9.97. The summed E-state index contributed by atoms with van der Waals surface area (Å²) in [5.74, 6) is 2.04. The van der Waals surface area contributed by atoms with Crippen molar-refractivity contribution in [1.82, 2.24) is 0 Å². The van der Waals surface area contributed by atoms with Crippen LogP contribution in [0.5, 0.6) is 17.2 Å². The SMILES string of the molecule is CCCCCCCCCCCCOc1ccc(-c2ccc(OC(=O)c3ccc4c(c3)CC[C@@H](CCCCCCCCCCC)O4)cc2)cc1. The molecule has 0 aromatic heterocycles. The van der Waals surface area contributed by atoms with Crippen molar-refractivity contribution in [2.75, 3.05) is 6.61 Å². The van der Waals surface area contributed by atoms with Crippen molar-refractivity contribution in [2.45, 2.75) is 161 Å². The van der Waals surface area contributed by atoms with Gasteiger partial charge in [-0.15, -0.1) is 0 Å². The molecule has 49 heavy (non-hydrogen) atoms. The minimum atomic E-state index is -0.337. The van der Waals surface area contributed by atoms with Crippen molar-refractivity contribution in [1.29, 1.82) is 0 Å². The van der Waals surface area contributed by atoms with Crippen LogP contribution in [0, 0.1) is 0 Å². The fraction of sp³-hybridized carbons (Fsp3) is 0.578. The lowest BCUT2D eigenvalue weighted by Gasteiger charge is -2.26. The molecule has 0 N–H and O–H groups in total. The fourth-order valence-corrected chi connectivity index (χ4v) is 6.86. The lowest BCUT2D eigenvalue weighted by molar-refractivity contribution is 0.0734. The van der Waals surface area contributed by atoms with Crippen LogP contribution in [0.4, 0.5) is 0 Å². The Bertz CT molecular complexity index is 1310. The van der Waals surface area contributed by atoms with Crippen LogP contribution in [-0.2, 0) is 6.42 Å². The zero-order valence-electron chi connectivity index (χ0n) is 30.8. The molecule has 1 aliphatic heterocycles. The van der Waals surface area contributed by atoms with Crippen LogP contribution < -0.4 is 14.2 Å². The van der Waals surface area contributed by atoms with Gasteiger partial charge in [0.15, 0.2) is 0 Å². The van der Waals surface area contributed by atoms with Crippen LogP contribution in [0.3, 0.4) is 0 Å². The molecule has 0 radical (unpaired) electrons. The highest BCUT2D eigenvalue weighted by atomic mass is 16.5. The summed E-state index contributed by atoms with van der Waals surface area (Å²) in [7, 11) is 0. The van der Waals surface area contributed by atoms with Crippen LogP contribution >= 0.6 is 0 Å². The number of unbranched alkanes of at least 4 members (excludes halogenated alkanes) is 17. The molecule has 0 unspecified atom stereocenters. The zero-order chi connectivity index (χ0) is 34.4. The summed E-state index contributed by atoms with van der Waals surface area (Å²) in [5.41, 5.74) is 3.85. The number of carbonyl (C=O) groups excluding carboxylic acids is 1. The fourth-order valence-electron chi connectivity index (χ4n) is 6.86. The van der Waals surface area contributed by atoms with E-state index in [4.69, 9.17) is 14.2 Å². The maximum Gasteiger partial charge on any atom is 0.343 e. The predicted octanol–water partition coefficient (Wildman–Crippen LogP) is 13.5. The number of ether oxygens (including phenoxy) is 3. The van der Waals surface area contributed by atoms with E-state index in [2.05, 4.69) is 26.0 Å². The number of aryl methyl sites for hydroxylation is 1. The number of benzene rings is 3. The van der Waals surface area contributed by atoms with Crippen LogP contribution in [0.1, 0.15) is 165 Å². The molecule has 4 nitrogen and oxygen atoms in total. The minimum absolute atomic E-state index is 0.284. The van der Waals surface area contributed by atoms with Crippen molar-refractivity contribution in [2.24, 2.45) is 0 Å². The van der Waals surface area contributed by atoms with E-state index in [9.17, 15) is 4.79 Å². The summed E-state index contributed by atoms with van der Waals surface area (Å²) in [6.45, 7) is 5.32. The number of carbonyl (C=O) groups is 1. The topological polar surface area (TPSA) is 44.8 Å². The van der Waals surface area contributed by atoms with Gasteiger partial charge >= 0.3 is 5.97 Å². The number of hydrogen-bond donors (Lipinski definition) is 0. The van der Waals surface area contributed by atoms with Gasteiger partial charge in [-0.2, -0.15) is 0 Å². The van der Waals surface area contributed by atoms with E-state index in [-0.39, 0.29) is 12.1 Å². The summed E-state index contributed by atoms with van der Waals surface area (Å²) in [4.78, 5) is 13.0. The van der Waals surface area contributed by atoms with Gasteiger partial charge < -0.3 is 14.2 Å². The average Bonchev–Trinajstić information content (AvgIpc) is 3.13. The van der Waals surface area contributed by atoms with Gasteiger partial charge in [0.05, 0.1) is 18.3 Å². The van der Waals surface area contributed by atoms with Crippen molar-refractivity contribution in [3.63, 3.8) is 0 Å². The summed E-state index contributed by atoms with van der Waals surface area (Å²) in [5, 5.41) is 0. The second kappa shape index (κ2) is 23.2. The maximum absolute atomic E-state index is 13.0. The molecular weight excluding hydrogens is 604 g/mol. The Balaban J connectivity index is 1.12. The molecule has 0 saturated heterocycles. The van der Waals surface area contributed by atoms with E-state index in [1.54, 1.807) is 0 Å². The highest BCUT2D eigenvalue weighted by molar-refractivity contribution is 5.91. The van der Waals surface area contributed by atoms with E-state index in [1.165, 1.54) is 116 Å². The Morgan fingerprint density at radius 1 is 0.612 bits per heavy atom. The number of esters is 1. The highest BCUT2D eigenvalue weighted by Crippen LogP contribution is 2.31. The molecule has 0 fully saturated rings. The summed E-state index contributed by atoms with van der Waals surface area (Å²) >= 11 is 0. The Morgan fingerprint density at radius 3 is 1.69 bits per heavy atom. The largest absolute Gasteiger partial charge is 0.494 e. The monoisotopic (exact) mass is 668 g/mol. The Labute approximate surface area is 298 Å². The van der Waals surface area contributed by atoms with Gasteiger partial charge in [0.25, 0.3) is 0 Å². The molecule has 1 atom stereocenters. The lowest BCUT2D eigenvalue weighted by Crippen LogP contribution is -2.23. The quantitative estimate of drug-likeness (QED) is 0.0512. The molecule has 4 rings (SSSR count). The van der Waals surface area contributed by atoms with Crippen molar-refractivity contribution in [3.8, 4) is 28.4 Å². The molecule has 1 aliphatic rings.